The Kier molecular flexibility index (Phi) is 6.31. The molecular weight excluding hydrogens is 418 g/mol. The monoisotopic (exact) mass is 445 g/mol. The number of hydrogen-bond donors (Lipinski definition) is 0. The Labute approximate surface area is 191 Å². The molecule has 0 bridgehead atoms. The maximum Gasteiger partial charge on any atom is 0.332 e. The van der Waals surface area contributed by atoms with Gasteiger partial charge in [0.25, 0.3) is 5.56 Å². The third-order valence-corrected chi connectivity index (χ3v) is 5.88. The van der Waals surface area contributed by atoms with E-state index >= 15 is 0 Å². The Morgan fingerprint density at radius 3 is 2.42 bits per heavy atom. The number of nitrogens with zero attached hydrogens (tertiary/aromatic N) is 3. The molecule has 4 aromatic rings. The third-order valence-electron chi connectivity index (χ3n) is 5.88. The van der Waals surface area contributed by atoms with E-state index in [1.807, 2.05) is 44.2 Å². The summed E-state index contributed by atoms with van der Waals surface area (Å²) in [5.41, 5.74) is 3.90. The van der Waals surface area contributed by atoms with Gasteiger partial charge in [0.05, 0.1) is 26.2 Å². The number of hydrogen-bond acceptors (Lipinski definition) is 5. The summed E-state index contributed by atoms with van der Waals surface area (Å²) in [6, 6.07) is 15.2. The number of rotatable bonds is 7. The SMILES string of the molecule is COc1ccc(CCn2c(=O)c3cccnc3n(Cc3ccc(C)cc3C)c2=O)cc1OC. The van der Waals surface area contributed by atoms with E-state index in [-0.39, 0.29) is 17.8 Å². The number of ether oxygens (including phenoxy) is 2. The van der Waals surface area contributed by atoms with Gasteiger partial charge in [-0.25, -0.2) is 9.78 Å². The molecule has 0 atom stereocenters. The predicted octanol–water partition coefficient (Wildman–Crippen LogP) is 3.48. The van der Waals surface area contributed by atoms with Gasteiger partial charge in [-0.05, 0) is 61.2 Å². The van der Waals surface area contributed by atoms with Crippen LogP contribution in [-0.2, 0) is 19.5 Å². The number of aromatic nitrogens is 3. The second-order valence-electron chi connectivity index (χ2n) is 8.07. The second-order valence-corrected chi connectivity index (χ2v) is 8.07. The molecule has 0 unspecified atom stereocenters. The standard InChI is InChI=1S/C26H27N3O4/c1-17-7-9-20(18(2)14-17)16-29-24-21(6-5-12-27-24)25(30)28(26(29)31)13-11-19-8-10-22(32-3)23(15-19)33-4/h5-10,12,14-15H,11,13,16H2,1-4H3. The normalized spacial score (nSPS) is 11.0. The molecule has 7 nitrogen and oxygen atoms in total. The van der Waals surface area contributed by atoms with Crippen LogP contribution in [0.15, 0.2) is 64.3 Å². The van der Waals surface area contributed by atoms with Crippen molar-refractivity contribution in [3.8, 4) is 11.5 Å². The third kappa shape index (κ3) is 4.39. The van der Waals surface area contributed by atoms with Crippen LogP contribution >= 0.6 is 0 Å². The van der Waals surface area contributed by atoms with Crippen molar-refractivity contribution in [2.75, 3.05) is 14.2 Å². The van der Waals surface area contributed by atoms with E-state index in [0.717, 1.165) is 22.3 Å². The van der Waals surface area contributed by atoms with Crippen molar-refractivity contribution >= 4 is 11.0 Å². The Morgan fingerprint density at radius 2 is 1.70 bits per heavy atom. The summed E-state index contributed by atoms with van der Waals surface area (Å²) in [7, 11) is 3.16. The summed E-state index contributed by atoms with van der Waals surface area (Å²) in [5, 5.41) is 0.425. The lowest BCUT2D eigenvalue weighted by Gasteiger charge is -2.15. The lowest BCUT2D eigenvalue weighted by molar-refractivity contribution is 0.354. The van der Waals surface area contributed by atoms with Crippen molar-refractivity contribution in [1.82, 2.24) is 14.1 Å². The van der Waals surface area contributed by atoms with Gasteiger partial charge >= 0.3 is 5.69 Å². The minimum atomic E-state index is -0.369. The number of aryl methyl sites for hydroxylation is 3. The smallest absolute Gasteiger partial charge is 0.332 e. The first-order valence-corrected chi connectivity index (χ1v) is 10.8. The summed E-state index contributed by atoms with van der Waals surface area (Å²) in [4.78, 5) is 31.0. The summed E-state index contributed by atoms with van der Waals surface area (Å²) >= 11 is 0. The molecular formula is C26H27N3O4. The highest BCUT2D eigenvalue weighted by molar-refractivity contribution is 5.73. The molecule has 2 heterocycles. The van der Waals surface area contributed by atoms with Crippen LogP contribution in [0.3, 0.4) is 0 Å². The van der Waals surface area contributed by atoms with Crippen molar-refractivity contribution in [1.29, 1.82) is 0 Å². The molecule has 0 aliphatic carbocycles. The van der Waals surface area contributed by atoms with E-state index in [2.05, 4.69) is 11.1 Å². The van der Waals surface area contributed by atoms with Crippen LogP contribution in [0.5, 0.6) is 11.5 Å². The number of methoxy groups -OCH3 is 2. The van der Waals surface area contributed by atoms with Crippen molar-refractivity contribution in [2.24, 2.45) is 0 Å². The fourth-order valence-electron chi connectivity index (χ4n) is 4.06. The summed E-state index contributed by atoms with van der Waals surface area (Å²) in [6.07, 6.45) is 2.10. The van der Waals surface area contributed by atoms with Gasteiger partial charge in [0, 0.05) is 12.7 Å². The van der Waals surface area contributed by atoms with Crippen molar-refractivity contribution < 1.29 is 9.47 Å². The van der Waals surface area contributed by atoms with Crippen molar-refractivity contribution in [3.05, 3.63) is 97.8 Å². The van der Waals surface area contributed by atoms with Crippen LogP contribution in [-0.4, -0.2) is 28.3 Å². The highest BCUT2D eigenvalue weighted by atomic mass is 16.5. The molecule has 0 spiro atoms. The maximum absolute atomic E-state index is 13.5. The molecule has 0 aliphatic rings. The molecule has 4 rings (SSSR count). The maximum atomic E-state index is 13.5. The molecule has 7 heteroatoms. The zero-order chi connectivity index (χ0) is 23.5. The van der Waals surface area contributed by atoms with Crippen LogP contribution in [0.1, 0.15) is 22.3 Å². The van der Waals surface area contributed by atoms with Gasteiger partial charge in [-0.15, -0.1) is 0 Å². The fourth-order valence-corrected chi connectivity index (χ4v) is 4.06. The largest absolute Gasteiger partial charge is 0.493 e. The van der Waals surface area contributed by atoms with Gasteiger partial charge < -0.3 is 9.47 Å². The Bertz CT molecular complexity index is 1440. The van der Waals surface area contributed by atoms with E-state index < -0.39 is 0 Å². The highest BCUT2D eigenvalue weighted by Crippen LogP contribution is 2.27. The molecule has 0 aliphatic heterocycles. The van der Waals surface area contributed by atoms with E-state index in [1.165, 1.54) is 4.57 Å². The molecule has 0 fully saturated rings. The van der Waals surface area contributed by atoms with Gasteiger partial charge in [-0.3, -0.25) is 13.9 Å². The summed E-state index contributed by atoms with van der Waals surface area (Å²) < 4.78 is 13.5. The average molecular weight is 446 g/mol. The molecule has 0 saturated carbocycles. The Morgan fingerprint density at radius 1 is 0.909 bits per heavy atom. The molecule has 33 heavy (non-hydrogen) atoms. The lowest BCUT2D eigenvalue weighted by Crippen LogP contribution is -2.41. The second kappa shape index (κ2) is 9.32. The first-order valence-electron chi connectivity index (χ1n) is 10.8. The average Bonchev–Trinajstić information content (AvgIpc) is 2.82. The molecule has 170 valence electrons. The molecule has 0 N–H and O–H groups in total. The number of fused-ring (bicyclic) bond motifs is 1. The van der Waals surface area contributed by atoms with E-state index in [4.69, 9.17) is 9.47 Å². The van der Waals surface area contributed by atoms with Gasteiger partial charge in [-0.1, -0.05) is 29.8 Å². The molecule has 2 aromatic carbocycles. The quantitative estimate of drug-likeness (QED) is 0.435. The van der Waals surface area contributed by atoms with Crippen molar-refractivity contribution in [2.45, 2.75) is 33.4 Å². The van der Waals surface area contributed by atoms with Gasteiger partial charge in [0.1, 0.15) is 5.65 Å². The molecule has 2 aromatic heterocycles. The summed E-state index contributed by atoms with van der Waals surface area (Å²) in [6.45, 7) is 4.64. The van der Waals surface area contributed by atoms with E-state index in [1.54, 1.807) is 37.1 Å². The van der Waals surface area contributed by atoms with Crippen LogP contribution in [0.4, 0.5) is 0 Å². The first-order chi connectivity index (χ1) is 15.9. The predicted molar refractivity (Wildman–Crippen MR) is 129 cm³/mol. The molecule has 0 amide bonds. The Balaban J connectivity index is 1.76. The fraction of sp³-hybridized carbons (Fsp3) is 0.269. The lowest BCUT2D eigenvalue weighted by atomic mass is 10.1. The number of benzene rings is 2. The zero-order valence-electron chi connectivity index (χ0n) is 19.3. The van der Waals surface area contributed by atoms with Gasteiger partial charge in [0.2, 0.25) is 0 Å². The minimum Gasteiger partial charge on any atom is -0.493 e. The van der Waals surface area contributed by atoms with E-state index in [9.17, 15) is 9.59 Å². The highest BCUT2D eigenvalue weighted by Gasteiger charge is 2.15. The van der Waals surface area contributed by atoms with Crippen LogP contribution in [0.25, 0.3) is 11.0 Å². The molecule has 0 saturated heterocycles. The Hall–Kier alpha value is -3.87. The molecule has 0 radical (unpaired) electrons. The first kappa shape index (κ1) is 22.3. The number of pyridine rings is 1. The van der Waals surface area contributed by atoms with Gasteiger partial charge in [0.15, 0.2) is 11.5 Å². The van der Waals surface area contributed by atoms with Crippen LogP contribution in [0, 0.1) is 13.8 Å². The van der Waals surface area contributed by atoms with Gasteiger partial charge in [-0.2, -0.15) is 0 Å². The van der Waals surface area contributed by atoms with E-state index in [0.29, 0.717) is 35.5 Å². The van der Waals surface area contributed by atoms with Crippen molar-refractivity contribution in [3.63, 3.8) is 0 Å². The summed E-state index contributed by atoms with van der Waals surface area (Å²) in [5.74, 6) is 1.24. The van der Waals surface area contributed by atoms with Crippen LogP contribution < -0.4 is 20.7 Å². The zero-order valence-corrected chi connectivity index (χ0v) is 19.3. The minimum absolute atomic E-state index is 0.241. The topological polar surface area (TPSA) is 75.4 Å². The van der Waals surface area contributed by atoms with Crippen LogP contribution in [0.2, 0.25) is 0 Å².